The molecule has 15 heavy (non-hydrogen) atoms. The van der Waals surface area contributed by atoms with Gasteiger partial charge in [-0.1, -0.05) is 12.1 Å². The molecular weight excluding hydrogens is 206 g/mol. The maximum Gasteiger partial charge on any atom is 0.0726 e. The molecule has 2 aromatic rings. The zero-order chi connectivity index (χ0) is 10.5. The highest BCUT2D eigenvalue weighted by atomic mass is 32.2. The van der Waals surface area contributed by atoms with Crippen molar-refractivity contribution in [3.63, 3.8) is 0 Å². The Labute approximate surface area is 93.3 Å². The van der Waals surface area contributed by atoms with E-state index in [4.69, 9.17) is 0 Å². The molecule has 0 fully saturated rings. The van der Waals surface area contributed by atoms with Gasteiger partial charge >= 0.3 is 0 Å². The van der Waals surface area contributed by atoms with Crippen molar-refractivity contribution in [3.8, 4) is 0 Å². The van der Waals surface area contributed by atoms with E-state index in [2.05, 4.69) is 46.0 Å². The van der Waals surface area contributed by atoms with Crippen LogP contribution >= 0.6 is 11.8 Å². The molecule has 0 spiro atoms. The summed E-state index contributed by atoms with van der Waals surface area (Å²) in [5, 5.41) is 9.92. The molecule has 0 amide bonds. The molecule has 0 saturated heterocycles. The number of anilines is 1. The normalized spacial score (nSPS) is 10.2. The van der Waals surface area contributed by atoms with Crippen LogP contribution in [0, 0.1) is 0 Å². The topological polar surface area (TPSA) is 40.7 Å². The van der Waals surface area contributed by atoms with E-state index in [9.17, 15) is 0 Å². The van der Waals surface area contributed by atoms with Crippen molar-refractivity contribution < 1.29 is 0 Å². The predicted molar refractivity (Wildman–Crippen MR) is 64.1 cm³/mol. The summed E-state index contributed by atoms with van der Waals surface area (Å²) in [4.78, 5) is 1.29. The first-order valence-electron chi connectivity index (χ1n) is 4.74. The largest absolute Gasteiger partial charge is 0.378 e. The van der Waals surface area contributed by atoms with Crippen molar-refractivity contribution in [2.75, 3.05) is 11.6 Å². The standard InChI is InChI=1S/C11H13N3S/c1-15-11-4-2-9(3-5-11)6-12-10-7-13-14-8-10/h2-5,7-8,12H,6H2,1H3,(H,13,14). The number of aromatic nitrogens is 2. The maximum atomic E-state index is 3.87. The van der Waals surface area contributed by atoms with Gasteiger partial charge in [-0.05, 0) is 24.0 Å². The van der Waals surface area contributed by atoms with E-state index in [0.29, 0.717) is 0 Å². The fraction of sp³-hybridized carbons (Fsp3) is 0.182. The fourth-order valence-corrected chi connectivity index (χ4v) is 1.70. The minimum Gasteiger partial charge on any atom is -0.378 e. The molecule has 1 aromatic heterocycles. The molecule has 2 rings (SSSR count). The third-order valence-corrected chi connectivity index (χ3v) is 2.90. The molecule has 3 nitrogen and oxygen atoms in total. The van der Waals surface area contributed by atoms with Crippen LogP contribution < -0.4 is 5.32 Å². The Hall–Kier alpha value is -1.42. The molecule has 0 radical (unpaired) electrons. The summed E-state index contributed by atoms with van der Waals surface area (Å²) in [7, 11) is 0. The smallest absolute Gasteiger partial charge is 0.0726 e. The van der Waals surface area contributed by atoms with E-state index >= 15 is 0 Å². The third-order valence-electron chi connectivity index (χ3n) is 2.15. The Balaban J connectivity index is 1.93. The van der Waals surface area contributed by atoms with Crippen LogP contribution in [-0.2, 0) is 6.54 Å². The predicted octanol–water partition coefficient (Wildman–Crippen LogP) is 2.74. The van der Waals surface area contributed by atoms with Crippen LogP contribution in [0.25, 0.3) is 0 Å². The number of nitrogens with zero attached hydrogens (tertiary/aromatic N) is 1. The molecule has 78 valence electrons. The summed E-state index contributed by atoms with van der Waals surface area (Å²) < 4.78 is 0. The number of nitrogens with one attached hydrogen (secondary N) is 2. The number of hydrogen-bond acceptors (Lipinski definition) is 3. The Bertz CT molecular complexity index is 394. The van der Waals surface area contributed by atoms with Crippen molar-refractivity contribution in [1.29, 1.82) is 0 Å². The van der Waals surface area contributed by atoms with Crippen molar-refractivity contribution in [2.45, 2.75) is 11.4 Å². The van der Waals surface area contributed by atoms with Gasteiger partial charge in [-0.25, -0.2) is 0 Å². The number of H-pyrrole nitrogens is 1. The summed E-state index contributed by atoms with van der Waals surface area (Å²) in [6, 6.07) is 8.55. The van der Waals surface area contributed by atoms with Crippen LogP contribution in [0.3, 0.4) is 0 Å². The van der Waals surface area contributed by atoms with Gasteiger partial charge in [-0.15, -0.1) is 11.8 Å². The quantitative estimate of drug-likeness (QED) is 0.777. The highest BCUT2D eigenvalue weighted by molar-refractivity contribution is 7.98. The van der Waals surface area contributed by atoms with Crippen LogP contribution in [0.2, 0.25) is 0 Å². The number of aromatic amines is 1. The van der Waals surface area contributed by atoms with E-state index in [1.807, 2.05) is 6.20 Å². The van der Waals surface area contributed by atoms with Crippen LogP contribution in [0.15, 0.2) is 41.6 Å². The molecule has 0 aliphatic heterocycles. The van der Waals surface area contributed by atoms with Gasteiger partial charge < -0.3 is 5.32 Å². The average molecular weight is 219 g/mol. The van der Waals surface area contributed by atoms with Gasteiger partial charge in [-0.2, -0.15) is 5.10 Å². The molecule has 1 aromatic carbocycles. The van der Waals surface area contributed by atoms with E-state index < -0.39 is 0 Å². The Morgan fingerprint density at radius 1 is 1.33 bits per heavy atom. The zero-order valence-corrected chi connectivity index (χ0v) is 9.34. The van der Waals surface area contributed by atoms with Crippen molar-refractivity contribution in [1.82, 2.24) is 10.2 Å². The lowest BCUT2D eigenvalue weighted by atomic mass is 10.2. The minimum absolute atomic E-state index is 0.828. The van der Waals surface area contributed by atoms with E-state index in [-0.39, 0.29) is 0 Å². The Morgan fingerprint density at radius 2 is 2.13 bits per heavy atom. The van der Waals surface area contributed by atoms with Gasteiger partial charge in [-0.3, -0.25) is 5.10 Å². The lowest BCUT2D eigenvalue weighted by Crippen LogP contribution is -1.97. The second-order valence-electron chi connectivity index (χ2n) is 3.19. The second kappa shape index (κ2) is 4.89. The van der Waals surface area contributed by atoms with Gasteiger partial charge in [0.2, 0.25) is 0 Å². The van der Waals surface area contributed by atoms with Crippen molar-refractivity contribution in [3.05, 3.63) is 42.2 Å². The molecule has 4 heteroatoms. The number of hydrogen-bond donors (Lipinski definition) is 2. The molecule has 2 N–H and O–H groups in total. The molecule has 0 saturated carbocycles. The molecule has 0 aliphatic carbocycles. The molecule has 0 unspecified atom stereocenters. The van der Waals surface area contributed by atoms with Crippen LogP contribution in [-0.4, -0.2) is 16.5 Å². The summed E-state index contributed by atoms with van der Waals surface area (Å²) >= 11 is 1.76. The van der Waals surface area contributed by atoms with Crippen LogP contribution in [0.1, 0.15) is 5.56 Å². The van der Waals surface area contributed by atoms with E-state index in [1.54, 1.807) is 18.0 Å². The number of rotatable bonds is 4. The summed E-state index contributed by atoms with van der Waals surface area (Å²) in [6.07, 6.45) is 5.70. The molecule has 0 aliphatic rings. The highest BCUT2D eigenvalue weighted by Crippen LogP contribution is 2.15. The number of benzene rings is 1. The monoisotopic (exact) mass is 219 g/mol. The van der Waals surface area contributed by atoms with Gasteiger partial charge in [0.15, 0.2) is 0 Å². The lowest BCUT2D eigenvalue weighted by molar-refractivity contribution is 1.09. The van der Waals surface area contributed by atoms with Crippen LogP contribution in [0.5, 0.6) is 0 Å². The lowest BCUT2D eigenvalue weighted by Gasteiger charge is -2.04. The molecule has 0 bridgehead atoms. The molecule has 1 heterocycles. The first-order valence-corrected chi connectivity index (χ1v) is 5.96. The van der Waals surface area contributed by atoms with Crippen molar-refractivity contribution >= 4 is 17.4 Å². The van der Waals surface area contributed by atoms with Crippen LogP contribution in [0.4, 0.5) is 5.69 Å². The first-order chi connectivity index (χ1) is 7.38. The number of thioether (sulfide) groups is 1. The summed E-state index contributed by atoms with van der Waals surface area (Å²) in [6.45, 7) is 0.828. The van der Waals surface area contributed by atoms with E-state index in [1.165, 1.54) is 10.5 Å². The second-order valence-corrected chi connectivity index (χ2v) is 4.07. The summed E-state index contributed by atoms with van der Waals surface area (Å²) in [5.74, 6) is 0. The third kappa shape index (κ3) is 2.76. The van der Waals surface area contributed by atoms with Gasteiger partial charge in [0.1, 0.15) is 0 Å². The maximum absolute atomic E-state index is 3.87. The summed E-state index contributed by atoms with van der Waals surface area (Å²) in [5.41, 5.74) is 2.29. The molecular formula is C11H13N3S. The van der Waals surface area contributed by atoms with Gasteiger partial charge in [0.05, 0.1) is 11.9 Å². The SMILES string of the molecule is CSc1ccc(CNc2cn[nH]c2)cc1. The Morgan fingerprint density at radius 3 is 2.73 bits per heavy atom. The van der Waals surface area contributed by atoms with E-state index in [0.717, 1.165) is 12.2 Å². The molecule has 0 atom stereocenters. The highest BCUT2D eigenvalue weighted by Gasteiger charge is 1.95. The fourth-order valence-electron chi connectivity index (χ4n) is 1.30. The van der Waals surface area contributed by atoms with Crippen molar-refractivity contribution in [2.24, 2.45) is 0 Å². The van der Waals surface area contributed by atoms with Gasteiger partial charge in [0.25, 0.3) is 0 Å². The van der Waals surface area contributed by atoms with Gasteiger partial charge in [0, 0.05) is 17.6 Å². The zero-order valence-electron chi connectivity index (χ0n) is 8.53. The average Bonchev–Trinajstić information content (AvgIpc) is 2.80. The Kier molecular flexibility index (Phi) is 3.29. The first kappa shape index (κ1) is 10.1. The minimum atomic E-state index is 0.828.